The van der Waals surface area contributed by atoms with Gasteiger partial charge in [0.05, 0.1) is 18.0 Å². The van der Waals surface area contributed by atoms with Crippen LogP contribution < -0.4 is 15.8 Å². The standard InChI is InChI=1S/C15H12F2N4O.C4H8FN/c16-10-6-11(17)15(18)20-14(10)12-7-19-13-5-9(3-4-21(12)13)22-8-1-2-8;5-4-1-2-6-3-4/h3-8H,1-2H2,(H2,18,20);4,6H,1-3H2. The second kappa shape index (κ2) is 7.67. The first-order valence-corrected chi connectivity index (χ1v) is 9.11. The van der Waals surface area contributed by atoms with E-state index < -0.39 is 17.8 Å². The van der Waals surface area contributed by atoms with Gasteiger partial charge in [-0.05, 0) is 31.9 Å². The lowest BCUT2D eigenvalue weighted by Crippen LogP contribution is -2.08. The molecule has 5 rings (SSSR count). The molecule has 0 radical (unpaired) electrons. The summed E-state index contributed by atoms with van der Waals surface area (Å²) in [6.07, 6.45) is 5.75. The predicted octanol–water partition coefficient (Wildman–Crippen LogP) is 3.12. The van der Waals surface area contributed by atoms with Crippen molar-refractivity contribution in [1.29, 1.82) is 0 Å². The van der Waals surface area contributed by atoms with Crippen LogP contribution in [0.1, 0.15) is 19.3 Å². The third-order valence-corrected chi connectivity index (χ3v) is 4.51. The summed E-state index contributed by atoms with van der Waals surface area (Å²) in [4.78, 5) is 8.00. The number of rotatable bonds is 3. The van der Waals surface area contributed by atoms with E-state index in [4.69, 9.17) is 10.5 Å². The molecule has 1 aliphatic heterocycles. The number of ether oxygens (including phenoxy) is 1. The Balaban J connectivity index is 0.000000275. The summed E-state index contributed by atoms with van der Waals surface area (Å²) in [6.45, 7) is 1.43. The van der Waals surface area contributed by atoms with Crippen LogP contribution in [0.3, 0.4) is 0 Å². The van der Waals surface area contributed by atoms with Gasteiger partial charge < -0.3 is 15.8 Å². The van der Waals surface area contributed by atoms with Crippen molar-refractivity contribution < 1.29 is 17.9 Å². The summed E-state index contributed by atoms with van der Waals surface area (Å²) < 4.78 is 46.4. The molecule has 28 heavy (non-hydrogen) atoms. The van der Waals surface area contributed by atoms with E-state index in [1.165, 1.54) is 6.20 Å². The molecule has 1 saturated heterocycles. The molecule has 3 aromatic rings. The second-order valence-electron chi connectivity index (χ2n) is 6.83. The number of aromatic nitrogens is 3. The number of nitrogens with two attached hydrogens (primary N) is 1. The van der Waals surface area contributed by atoms with Crippen molar-refractivity contribution in [3.8, 4) is 17.1 Å². The van der Waals surface area contributed by atoms with Crippen molar-refractivity contribution in [1.82, 2.24) is 19.7 Å². The first kappa shape index (κ1) is 18.5. The van der Waals surface area contributed by atoms with Gasteiger partial charge in [-0.15, -0.1) is 0 Å². The van der Waals surface area contributed by atoms with Crippen LogP contribution in [0.2, 0.25) is 0 Å². The van der Waals surface area contributed by atoms with Gasteiger partial charge in [0.1, 0.15) is 23.3 Å². The summed E-state index contributed by atoms with van der Waals surface area (Å²) in [5.74, 6) is -1.29. The molecule has 1 saturated carbocycles. The average molecular weight is 391 g/mol. The lowest BCUT2D eigenvalue weighted by Gasteiger charge is -2.07. The van der Waals surface area contributed by atoms with Gasteiger partial charge in [0, 0.05) is 24.9 Å². The maximum absolute atomic E-state index is 14.0. The van der Waals surface area contributed by atoms with Crippen molar-refractivity contribution in [3.05, 3.63) is 42.2 Å². The Morgan fingerprint density at radius 3 is 2.64 bits per heavy atom. The largest absolute Gasteiger partial charge is 0.490 e. The highest BCUT2D eigenvalue weighted by Crippen LogP contribution is 2.29. The number of pyridine rings is 2. The number of nitrogens with zero attached hydrogens (tertiary/aromatic N) is 3. The first-order valence-electron chi connectivity index (χ1n) is 9.11. The van der Waals surface area contributed by atoms with Gasteiger partial charge in [-0.25, -0.2) is 23.1 Å². The fourth-order valence-electron chi connectivity index (χ4n) is 2.87. The Hall–Kier alpha value is -2.81. The van der Waals surface area contributed by atoms with Gasteiger partial charge in [-0.1, -0.05) is 0 Å². The van der Waals surface area contributed by atoms with Crippen LogP contribution in [-0.2, 0) is 0 Å². The SMILES string of the molecule is FC1CCNC1.Nc1nc(-c2cnc3cc(OC4CC4)ccn23)c(F)cc1F. The summed E-state index contributed by atoms with van der Waals surface area (Å²) >= 11 is 0. The molecule has 1 unspecified atom stereocenters. The van der Waals surface area contributed by atoms with E-state index in [1.807, 2.05) is 0 Å². The van der Waals surface area contributed by atoms with Gasteiger partial charge in [-0.2, -0.15) is 0 Å². The first-order chi connectivity index (χ1) is 13.5. The van der Waals surface area contributed by atoms with Gasteiger partial charge in [0.2, 0.25) is 0 Å². The Morgan fingerprint density at radius 2 is 2.00 bits per heavy atom. The smallest absolute Gasteiger partial charge is 0.168 e. The Kier molecular flexibility index (Phi) is 5.08. The highest BCUT2D eigenvalue weighted by atomic mass is 19.1. The monoisotopic (exact) mass is 391 g/mol. The van der Waals surface area contributed by atoms with Crippen LogP contribution >= 0.6 is 0 Å². The number of hydrogen-bond acceptors (Lipinski definition) is 5. The third kappa shape index (κ3) is 4.04. The highest BCUT2D eigenvalue weighted by Gasteiger charge is 2.24. The number of anilines is 1. The minimum absolute atomic E-state index is 0.0396. The molecule has 2 fully saturated rings. The Morgan fingerprint density at radius 1 is 1.18 bits per heavy atom. The highest BCUT2D eigenvalue weighted by molar-refractivity contribution is 5.63. The van der Waals surface area contributed by atoms with Crippen LogP contribution in [0.25, 0.3) is 17.0 Å². The zero-order valence-electron chi connectivity index (χ0n) is 15.0. The van der Waals surface area contributed by atoms with Crippen molar-refractivity contribution in [2.24, 2.45) is 0 Å². The molecular weight excluding hydrogens is 371 g/mol. The molecule has 148 valence electrons. The lowest BCUT2D eigenvalue weighted by atomic mass is 10.2. The summed E-state index contributed by atoms with van der Waals surface area (Å²) in [7, 11) is 0. The molecule has 0 bridgehead atoms. The normalized spacial score (nSPS) is 18.8. The van der Waals surface area contributed by atoms with Crippen LogP contribution in [0, 0.1) is 11.6 Å². The number of fused-ring (bicyclic) bond motifs is 1. The molecule has 0 spiro atoms. The van der Waals surface area contributed by atoms with E-state index in [1.54, 1.807) is 22.7 Å². The van der Waals surface area contributed by atoms with Crippen LogP contribution in [0.5, 0.6) is 5.75 Å². The lowest BCUT2D eigenvalue weighted by molar-refractivity contribution is 0.303. The van der Waals surface area contributed by atoms with Gasteiger partial charge in [-0.3, -0.25) is 4.40 Å². The topological polar surface area (TPSA) is 77.5 Å². The minimum Gasteiger partial charge on any atom is -0.490 e. The fourth-order valence-corrected chi connectivity index (χ4v) is 2.87. The van der Waals surface area contributed by atoms with Crippen molar-refractivity contribution in [2.45, 2.75) is 31.5 Å². The number of hydrogen-bond donors (Lipinski definition) is 2. The number of nitrogens with one attached hydrogen (secondary N) is 1. The summed E-state index contributed by atoms with van der Waals surface area (Å²) in [5, 5.41) is 2.90. The molecule has 0 aromatic carbocycles. The molecule has 0 amide bonds. The fraction of sp³-hybridized carbons (Fsp3) is 0.368. The van der Waals surface area contributed by atoms with E-state index in [-0.39, 0.29) is 17.6 Å². The molecule has 1 atom stereocenters. The zero-order chi connectivity index (χ0) is 19.7. The van der Waals surface area contributed by atoms with Crippen molar-refractivity contribution >= 4 is 11.5 Å². The molecule has 3 N–H and O–H groups in total. The number of alkyl halides is 1. The van der Waals surface area contributed by atoms with E-state index in [0.717, 1.165) is 31.2 Å². The van der Waals surface area contributed by atoms with Crippen molar-refractivity contribution in [2.75, 3.05) is 18.8 Å². The molecule has 1 aliphatic carbocycles. The van der Waals surface area contributed by atoms with E-state index in [0.29, 0.717) is 24.3 Å². The van der Waals surface area contributed by atoms with Gasteiger partial charge in [0.25, 0.3) is 0 Å². The van der Waals surface area contributed by atoms with E-state index >= 15 is 0 Å². The summed E-state index contributed by atoms with van der Waals surface area (Å²) in [5.41, 5.74) is 6.38. The van der Waals surface area contributed by atoms with Gasteiger partial charge in [0.15, 0.2) is 17.5 Å². The average Bonchev–Trinajstić information content (AvgIpc) is 3.18. The number of imidazole rings is 1. The van der Waals surface area contributed by atoms with E-state index in [9.17, 15) is 13.2 Å². The molecule has 3 aromatic heterocycles. The van der Waals surface area contributed by atoms with Crippen LogP contribution in [-0.4, -0.2) is 39.7 Å². The molecule has 2 aliphatic rings. The summed E-state index contributed by atoms with van der Waals surface area (Å²) in [6, 6.07) is 4.27. The van der Waals surface area contributed by atoms with Gasteiger partial charge >= 0.3 is 0 Å². The molecule has 6 nitrogen and oxygen atoms in total. The number of nitrogen functional groups attached to an aromatic ring is 1. The Labute approximate surface area is 159 Å². The Bertz CT molecular complexity index is 983. The van der Waals surface area contributed by atoms with Crippen LogP contribution in [0.15, 0.2) is 30.6 Å². The molecule has 4 heterocycles. The molecule has 9 heteroatoms. The maximum atomic E-state index is 14.0. The van der Waals surface area contributed by atoms with E-state index in [2.05, 4.69) is 15.3 Å². The second-order valence-corrected chi connectivity index (χ2v) is 6.83. The molecular formula is C19H20F3N5O. The third-order valence-electron chi connectivity index (χ3n) is 4.51. The number of halogens is 3. The zero-order valence-corrected chi connectivity index (χ0v) is 15.0. The quantitative estimate of drug-likeness (QED) is 0.717. The minimum atomic E-state index is -0.879. The van der Waals surface area contributed by atoms with Crippen molar-refractivity contribution in [3.63, 3.8) is 0 Å². The van der Waals surface area contributed by atoms with Crippen LogP contribution in [0.4, 0.5) is 19.0 Å². The predicted molar refractivity (Wildman–Crippen MR) is 98.8 cm³/mol. The maximum Gasteiger partial charge on any atom is 0.168 e.